The average molecular weight is 313 g/mol. The summed E-state index contributed by atoms with van der Waals surface area (Å²) in [5, 5.41) is 12.1. The molecule has 1 aromatic heterocycles. The number of fused-ring (bicyclic) bond motifs is 1. The topological polar surface area (TPSA) is 49.3 Å². The van der Waals surface area contributed by atoms with E-state index >= 15 is 0 Å². The molecule has 5 heteroatoms. The lowest BCUT2D eigenvalue weighted by Gasteiger charge is -2.15. The first-order valence-corrected chi connectivity index (χ1v) is 9.48. The van der Waals surface area contributed by atoms with Crippen LogP contribution in [0.3, 0.4) is 0 Å². The molecule has 1 aliphatic rings. The lowest BCUT2D eigenvalue weighted by Crippen LogP contribution is -2.37. The molecule has 3 nitrogen and oxygen atoms in total. The van der Waals surface area contributed by atoms with Gasteiger partial charge in [0, 0.05) is 23.3 Å². The molecule has 1 aliphatic carbocycles. The molecular formula is C15H23NO2S2. The highest BCUT2D eigenvalue weighted by molar-refractivity contribution is 7.98. The van der Waals surface area contributed by atoms with Crippen LogP contribution in [0.4, 0.5) is 0 Å². The van der Waals surface area contributed by atoms with E-state index in [1.54, 1.807) is 23.1 Å². The zero-order chi connectivity index (χ0) is 14.4. The minimum Gasteiger partial charge on any atom is -0.396 e. The zero-order valence-corrected chi connectivity index (χ0v) is 13.6. The third kappa shape index (κ3) is 4.24. The van der Waals surface area contributed by atoms with E-state index in [0.717, 1.165) is 23.5 Å². The summed E-state index contributed by atoms with van der Waals surface area (Å²) in [6.45, 7) is 0.118. The maximum Gasteiger partial charge on any atom is 0.261 e. The predicted molar refractivity (Wildman–Crippen MR) is 86.9 cm³/mol. The van der Waals surface area contributed by atoms with E-state index in [9.17, 15) is 4.79 Å². The van der Waals surface area contributed by atoms with Crippen molar-refractivity contribution in [2.24, 2.45) is 0 Å². The first-order valence-electron chi connectivity index (χ1n) is 7.27. The number of carbonyl (C=O) groups is 1. The fraction of sp³-hybridized carbons (Fsp3) is 0.667. The summed E-state index contributed by atoms with van der Waals surface area (Å²) in [4.78, 5) is 14.6. The molecule has 1 unspecified atom stereocenters. The highest BCUT2D eigenvalue weighted by Crippen LogP contribution is 2.29. The van der Waals surface area contributed by atoms with Crippen molar-refractivity contribution in [3.63, 3.8) is 0 Å². The minimum atomic E-state index is 0.0237. The Bertz CT molecular complexity index is 416. The van der Waals surface area contributed by atoms with E-state index in [2.05, 4.69) is 11.4 Å². The summed E-state index contributed by atoms with van der Waals surface area (Å²) in [6.07, 6.45) is 8.66. The maximum atomic E-state index is 12.3. The number of hydrogen-bond donors (Lipinski definition) is 2. The van der Waals surface area contributed by atoms with Gasteiger partial charge in [0.1, 0.15) is 0 Å². The van der Waals surface area contributed by atoms with Crippen LogP contribution in [0.5, 0.6) is 0 Å². The number of carbonyl (C=O) groups excluding carboxylic acids is 1. The highest BCUT2D eigenvalue weighted by atomic mass is 32.2. The Hall–Kier alpha value is -0.520. The van der Waals surface area contributed by atoms with E-state index in [0.29, 0.717) is 6.42 Å². The molecule has 1 amide bonds. The smallest absolute Gasteiger partial charge is 0.261 e. The van der Waals surface area contributed by atoms with Crippen molar-refractivity contribution in [1.29, 1.82) is 0 Å². The van der Waals surface area contributed by atoms with E-state index in [4.69, 9.17) is 5.11 Å². The van der Waals surface area contributed by atoms with E-state index in [1.807, 2.05) is 6.26 Å². The summed E-state index contributed by atoms with van der Waals surface area (Å²) in [5.41, 5.74) is 1.38. The predicted octanol–water partition coefficient (Wildman–Crippen LogP) is 2.86. The van der Waals surface area contributed by atoms with Crippen LogP contribution < -0.4 is 5.32 Å². The third-order valence-electron chi connectivity index (χ3n) is 3.65. The minimum absolute atomic E-state index is 0.0237. The van der Waals surface area contributed by atoms with Crippen LogP contribution in [-0.4, -0.2) is 35.7 Å². The number of rotatable bonds is 6. The van der Waals surface area contributed by atoms with Gasteiger partial charge in [-0.2, -0.15) is 11.8 Å². The maximum absolute atomic E-state index is 12.3. The van der Waals surface area contributed by atoms with Crippen molar-refractivity contribution in [3.05, 3.63) is 21.4 Å². The number of aliphatic hydroxyl groups excluding tert-OH is 1. The van der Waals surface area contributed by atoms with Crippen molar-refractivity contribution in [2.75, 3.05) is 18.6 Å². The van der Waals surface area contributed by atoms with Gasteiger partial charge in [-0.05, 0) is 50.0 Å². The van der Waals surface area contributed by atoms with E-state index in [-0.39, 0.29) is 18.6 Å². The van der Waals surface area contributed by atoms with Crippen LogP contribution in [0.2, 0.25) is 0 Å². The van der Waals surface area contributed by atoms with Crippen molar-refractivity contribution in [2.45, 2.75) is 44.6 Å². The number of aliphatic hydroxyl groups is 1. The molecule has 0 saturated carbocycles. The molecule has 2 N–H and O–H groups in total. The summed E-state index contributed by atoms with van der Waals surface area (Å²) in [6, 6.07) is 2.14. The number of amides is 1. The third-order valence-corrected chi connectivity index (χ3v) is 5.62. The Kier molecular flexibility index (Phi) is 6.39. The first-order chi connectivity index (χ1) is 9.74. The molecule has 0 saturated heterocycles. The second-order valence-corrected chi connectivity index (χ2v) is 7.31. The lowest BCUT2D eigenvalue weighted by atomic mass is 10.1. The normalized spacial score (nSPS) is 16.3. The Labute approximate surface area is 129 Å². The molecule has 2 rings (SSSR count). The van der Waals surface area contributed by atoms with Crippen LogP contribution >= 0.6 is 23.1 Å². The summed E-state index contributed by atoms with van der Waals surface area (Å²) < 4.78 is 0. The Morgan fingerprint density at radius 1 is 1.45 bits per heavy atom. The van der Waals surface area contributed by atoms with Crippen LogP contribution in [0.15, 0.2) is 6.07 Å². The van der Waals surface area contributed by atoms with Crippen molar-refractivity contribution in [3.8, 4) is 0 Å². The number of nitrogens with one attached hydrogen (secondary N) is 1. The van der Waals surface area contributed by atoms with Gasteiger partial charge in [0.25, 0.3) is 5.91 Å². The monoisotopic (exact) mass is 313 g/mol. The molecule has 0 aliphatic heterocycles. The number of hydrogen-bond acceptors (Lipinski definition) is 4. The van der Waals surface area contributed by atoms with Gasteiger partial charge < -0.3 is 10.4 Å². The molecule has 112 valence electrons. The van der Waals surface area contributed by atoms with Gasteiger partial charge in [0.15, 0.2) is 0 Å². The van der Waals surface area contributed by atoms with Gasteiger partial charge >= 0.3 is 0 Å². The molecule has 0 bridgehead atoms. The number of aryl methyl sites for hydroxylation is 2. The van der Waals surface area contributed by atoms with Crippen molar-refractivity contribution < 1.29 is 9.90 Å². The number of thioether (sulfide) groups is 1. The second-order valence-electron chi connectivity index (χ2n) is 5.26. The van der Waals surface area contributed by atoms with E-state index in [1.165, 1.54) is 29.7 Å². The molecule has 0 spiro atoms. The molecule has 0 fully saturated rings. The van der Waals surface area contributed by atoms with Gasteiger partial charge in [-0.3, -0.25) is 4.79 Å². The van der Waals surface area contributed by atoms with Crippen LogP contribution in [-0.2, 0) is 12.8 Å². The quantitative estimate of drug-likeness (QED) is 0.794. The lowest BCUT2D eigenvalue weighted by molar-refractivity contribution is 0.0939. The summed E-state index contributed by atoms with van der Waals surface area (Å²) in [7, 11) is 0. The number of thiophene rings is 1. The van der Waals surface area contributed by atoms with E-state index < -0.39 is 0 Å². The van der Waals surface area contributed by atoms with Gasteiger partial charge in [-0.1, -0.05) is 6.42 Å². The van der Waals surface area contributed by atoms with Crippen LogP contribution in [0.1, 0.15) is 45.8 Å². The molecule has 0 aromatic carbocycles. The molecule has 20 heavy (non-hydrogen) atoms. The van der Waals surface area contributed by atoms with Gasteiger partial charge in [-0.15, -0.1) is 11.3 Å². The molecule has 1 atom stereocenters. The SMILES string of the molecule is CSCC(CCO)NC(=O)c1cc2c(s1)CCCCC2. The molecule has 1 heterocycles. The summed E-state index contributed by atoms with van der Waals surface area (Å²) >= 11 is 3.35. The Balaban J connectivity index is 2.01. The highest BCUT2D eigenvalue weighted by Gasteiger charge is 2.18. The molecule has 0 radical (unpaired) electrons. The molecular weight excluding hydrogens is 290 g/mol. The summed E-state index contributed by atoms with van der Waals surface area (Å²) in [5.74, 6) is 0.868. The fourth-order valence-electron chi connectivity index (χ4n) is 2.59. The average Bonchev–Trinajstić information content (AvgIpc) is 2.71. The second kappa shape index (κ2) is 8.05. The largest absolute Gasteiger partial charge is 0.396 e. The fourth-order valence-corrected chi connectivity index (χ4v) is 4.40. The van der Waals surface area contributed by atoms with Crippen LogP contribution in [0, 0.1) is 0 Å². The van der Waals surface area contributed by atoms with Gasteiger partial charge in [0.2, 0.25) is 0 Å². The van der Waals surface area contributed by atoms with Crippen molar-refractivity contribution in [1.82, 2.24) is 5.32 Å². The standard InChI is InChI=1S/C15H23NO2S2/c1-19-10-12(7-8-17)16-15(18)14-9-11-5-3-2-4-6-13(11)20-14/h9,12,17H,2-8,10H2,1H3,(H,16,18). The molecule has 1 aromatic rings. The van der Waals surface area contributed by atoms with Crippen LogP contribution in [0.25, 0.3) is 0 Å². The Morgan fingerprint density at radius 3 is 3.00 bits per heavy atom. The Morgan fingerprint density at radius 2 is 2.25 bits per heavy atom. The first kappa shape index (κ1) is 15.9. The van der Waals surface area contributed by atoms with Gasteiger partial charge in [-0.25, -0.2) is 0 Å². The van der Waals surface area contributed by atoms with Crippen molar-refractivity contribution >= 4 is 29.0 Å². The zero-order valence-electron chi connectivity index (χ0n) is 12.0. The van der Waals surface area contributed by atoms with Gasteiger partial charge in [0.05, 0.1) is 4.88 Å².